The van der Waals surface area contributed by atoms with E-state index in [2.05, 4.69) is 29.2 Å². The Labute approximate surface area is 210 Å². The molecule has 1 aliphatic rings. The summed E-state index contributed by atoms with van der Waals surface area (Å²) in [5.41, 5.74) is 8.30. The van der Waals surface area contributed by atoms with Crippen LogP contribution in [0.5, 0.6) is 5.88 Å². The van der Waals surface area contributed by atoms with Gasteiger partial charge in [0.1, 0.15) is 5.60 Å². The Morgan fingerprint density at radius 1 is 1.19 bits per heavy atom. The van der Waals surface area contributed by atoms with Crippen LogP contribution in [0.4, 0.5) is 10.5 Å². The van der Waals surface area contributed by atoms with Gasteiger partial charge in [0.05, 0.1) is 30.1 Å². The average Bonchev–Trinajstić information content (AvgIpc) is 3.23. The summed E-state index contributed by atoms with van der Waals surface area (Å²) in [6, 6.07) is 5.63. The molecule has 10 heteroatoms. The van der Waals surface area contributed by atoms with Crippen molar-refractivity contribution in [1.82, 2.24) is 19.5 Å². The van der Waals surface area contributed by atoms with E-state index in [1.54, 1.807) is 28.8 Å². The molecule has 0 bridgehead atoms. The van der Waals surface area contributed by atoms with Gasteiger partial charge in [-0.25, -0.2) is 14.3 Å². The first-order chi connectivity index (χ1) is 16.9. The number of amides is 2. The van der Waals surface area contributed by atoms with Crippen LogP contribution in [-0.4, -0.2) is 63.3 Å². The van der Waals surface area contributed by atoms with Crippen LogP contribution < -0.4 is 15.8 Å². The highest BCUT2D eigenvalue weighted by atomic mass is 16.6. The van der Waals surface area contributed by atoms with Crippen molar-refractivity contribution in [3.05, 3.63) is 42.4 Å². The van der Waals surface area contributed by atoms with Crippen LogP contribution >= 0.6 is 0 Å². The molecular formula is C26H34N6O4. The summed E-state index contributed by atoms with van der Waals surface area (Å²) >= 11 is 0. The van der Waals surface area contributed by atoms with E-state index < -0.39 is 11.5 Å². The van der Waals surface area contributed by atoms with E-state index in [4.69, 9.17) is 15.2 Å². The number of nitrogens with zero attached hydrogens (tertiary/aromatic N) is 4. The fraction of sp³-hybridized carbons (Fsp3) is 0.462. The zero-order valence-corrected chi connectivity index (χ0v) is 21.7. The van der Waals surface area contributed by atoms with Gasteiger partial charge in [0, 0.05) is 54.1 Å². The number of primary amides is 1. The summed E-state index contributed by atoms with van der Waals surface area (Å²) in [5.74, 6) is -0.0377. The second-order valence-corrected chi connectivity index (χ2v) is 10.8. The molecule has 1 atom stereocenters. The van der Waals surface area contributed by atoms with Crippen molar-refractivity contribution in [1.29, 1.82) is 0 Å². The summed E-state index contributed by atoms with van der Waals surface area (Å²) in [4.78, 5) is 31.0. The predicted octanol–water partition coefficient (Wildman–Crippen LogP) is 3.95. The van der Waals surface area contributed by atoms with Crippen LogP contribution in [0.25, 0.3) is 16.6 Å². The number of anilines is 1. The van der Waals surface area contributed by atoms with Crippen LogP contribution in [0.2, 0.25) is 0 Å². The quantitative estimate of drug-likeness (QED) is 0.550. The van der Waals surface area contributed by atoms with Gasteiger partial charge in [0.15, 0.2) is 0 Å². The fourth-order valence-corrected chi connectivity index (χ4v) is 4.51. The van der Waals surface area contributed by atoms with E-state index in [1.165, 1.54) is 6.20 Å². The van der Waals surface area contributed by atoms with Crippen LogP contribution in [0.3, 0.4) is 0 Å². The molecule has 4 rings (SSSR count). The monoisotopic (exact) mass is 494 g/mol. The molecule has 0 spiro atoms. The Morgan fingerprint density at radius 3 is 2.53 bits per heavy atom. The number of rotatable bonds is 5. The SMILES string of the molecule is COc1ccc(-c2cc3c(NC4CCN(C(=O)OC(C)(C)C)CC4(C)C)c(C(N)=O)cnn3c2)cn1. The van der Waals surface area contributed by atoms with Gasteiger partial charge in [-0.15, -0.1) is 0 Å². The highest BCUT2D eigenvalue weighted by molar-refractivity contribution is 6.02. The number of pyridine rings is 1. The molecule has 0 saturated carbocycles. The topological polar surface area (TPSA) is 124 Å². The number of carbonyl (C=O) groups is 2. The third kappa shape index (κ3) is 5.22. The number of ether oxygens (including phenoxy) is 2. The van der Waals surface area contributed by atoms with Crippen LogP contribution in [-0.2, 0) is 4.74 Å². The minimum Gasteiger partial charge on any atom is -0.481 e. The van der Waals surface area contributed by atoms with Crippen molar-refractivity contribution in [3.8, 4) is 17.0 Å². The molecule has 1 unspecified atom stereocenters. The Balaban J connectivity index is 1.64. The number of carbonyl (C=O) groups excluding carboxylic acids is 2. The number of hydrogen-bond acceptors (Lipinski definition) is 7. The number of hydrogen-bond donors (Lipinski definition) is 2. The second kappa shape index (κ2) is 9.33. The summed E-state index contributed by atoms with van der Waals surface area (Å²) in [6.07, 6.45) is 5.45. The molecule has 0 radical (unpaired) electrons. The van der Waals surface area contributed by atoms with E-state index in [1.807, 2.05) is 39.1 Å². The molecule has 1 fully saturated rings. The number of nitrogens with two attached hydrogens (primary N) is 1. The lowest BCUT2D eigenvalue weighted by atomic mass is 9.79. The van der Waals surface area contributed by atoms with Gasteiger partial charge in [-0.2, -0.15) is 5.10 Å². The van der Waals surface area contributed by atoms with Crippen molar-refractivity contribution in [2.24, 2.45) is 11.1 Å². The third-order valence-electron chi connectivity index (χ3n) is 6.38. The number of methoxy groups -OCH3 is 1. The summed E-state index contributed by atoms with van der Waals surface area (Å²) in [6.45, 7) is 10.8. The molecule has 1 aliphatic heterocycles. The first-order valence-corrected chi connectivity index (χ1v) is 11.9. The van der Waals surface area contributed by atoms with Crippen molar-refractivity contribution >= 4 is 23.2 Å². The van der Waals surface area contributed by atoms with Gasteiger partial charge in [-0.3, -0.25) is 4.79 Å². The van der Waals surface area contributed by atoms with Crippen molar-refractivity contribution in [2.45, 2.75) is 52.7 Å². The lowest BCUT2D eigenvalue weighted by Crippen LogP contribution is -2.54. The summed E-state index contributed by atoms with van der Waals surface area (Å²) in [7, 11) is 1.57. The Kier molecular flexibility index (Phi) is 6.55. The van der Waals surface area contributed by atoms with E-state index in [0.717, 1.165) is 16.6 Å². The molecule has 0 aromatic carbocycles. The summed E-state index contributed by atoms with van der Waals surface area (Å²) < 4.78 is 12.4. The van der Waals surface area contributed by atoms with Gasteiger partial charge >= 0.3 is 6.09 Å². The maximum Gasteiger partial charge on any atom is 0.410 e. The van der Waals surface area contributed by atoms with Gasteiger partial charge in [0.25, 0.3) is 5.91 Å². The van der Waals surface area contributed by atoms with Gasteiger partial charge in [-0.05, 0) is 39.3 Å². The normalized spacial score (nSPS) is 17.6. The van der Waals surface area contributed by atoms with E-state index >= 15 is 0 Å². The fourth-order valence-electron chi connectivity index (χ4n) is 4.51. The molecule has 36 heavy (non-hydrogen) atoms. The van der Waals surface area contributed by atoms with Gasteiger partial charge in [0.2, 0.25) is 5.88 Å². The summed E-state index contributed by atoms with van der Waals surface area (Å²) in [5, 5.41) is 7.98. The lowest BCUT2D eigenvalue weighted by Gasteiger charge is -2.45. The minimum atomic E-state index is -0.564. The van der Waals surface area contributed by atoms with Crippen molar-refractivity contribution < 1.29 is 19.1 Å². The molecule has 1 saturated heterocycles. The molecule has 2 amide bonds. The second-order valence-electron chi connectivity index (χ2n) is 10.8. The number of fused-ring (bicyclic) bond motifs is 1. The maximum atomic E-state index is 12.7. The van der Waals surface area contributed by atoms with Crippen LogP contribution in [0.15, 0.2) is 36.8 Å². The van der Waals surface area contributed by atoms with E-state index in [0.29, 0.717) is 36.6 Å². The van der Waals surface area contributed by atoms with Crippen LogP contribution in [0, 0.1) is 5.41 Å². The molecule has 4 heterocycles. The average molecular weight is 495 g/mol. The predicted molar refractivity (Wildman–Crippen MR) is 137 cm³/mol. The number of nitrogens with one attached hydrogen (secondary N) is 1. The van der Waals surface area contributed by atoms with Gasteiger partial charge < -0.3 is 25.4 Å². The standard InChI is InChI=1S/C26H34N6O4/c1-25(2,3)36-24(34)31-10-9-20(26(4,5)15-31)30-22-18(23(27)33)13-29-32-14-17(11-19(22)32)16-7-8-21(35-6)28-12-16/h7-8,11-14,20,30H,9-10,15H2,1-6H3,(H2,27,33). The minimum absolute atomic E-state index is 0.0264. The first-order valence-electron chi connectivity index (χ1n) is 11.9. The molecule has 0 aliphatic carbocycles. The Bertz CT molecular complexity index is 1280. The van der Waals surface area contributed by atoms with E-state index in [-0.39, 0.29) is 17.6 Å². The number of piperidine rings is 1. The van der Waals surface area contributed by atoms with E-state index in [9.17, 15) is 9.59 Å². The molecule has 192 valence electrons. The molecule has 3 aromatic rings. The van der Waals surface area contributed by atoms with Crippen LogP contribution in [0.1, 0.15) is 51.4 Å². The maximum absolute atomic E-state index is 12.7. The first kappa shape index (κ1) is 25.3. The number of likely N-dealkylation sites (tertiary alicyclic amines) is 1. The van der Waals surface area contributed by atoms with Crippen molar-refractivity contribution in [2.75, 3.05) is 25.5 Å². The Hall–Kier alpha value is -3.82. The lowest BCUT2D eigenvalue weighted by molar-refractivity contribution is 0.00691. The zero-order valence-electron chi connectivity index (χ0n) is 21.7. The third-order valence-corrected chi connectivity index (χ3v) is 6.38. The molecule has 3 aromatic heterocycles. The smallest absolute Gasteiger partial charge is 0.410 e. The molecule has 3 N–H and O–H groups in total. The Morgan fingerprint density at radius 2 is 1.94 bits per heavy atom. The molecular weight excluding hydrogens is 460 g/mol. The highest BCUT2D eigenvalue weighted by Gasteiger charge is 2.39. The van der Waals surface area contributed by atoms with Crippen molar-refractivity contribution in [3.63, 3.8) is 0 Å². The molecule has 10 nitrogen and oxygen atoms in total. The number of aromatic nitrogens is 3. The zero-order chi connectivity index (χ0) is 26.3. The highest BCUT2D eigenvalue weighted by Crippen LogP contribution is 2.35. The largest absolute Gasteiger partial charge is 0.481 e. The van der Waals surface area contributed by atoms with Gasteiger partial charge in [-0.1, -0.05) is 13.8 Å².